The summed E-state index contributed by atoms with van der Waals surface area (Å²) in [6, 6.07) is 26.2. The van der Waals surface area contributed by atoms with Crippen LogP contribution < -0.4 is 25.4 Å². The molecule has 0 aliphatic carbocycles. The van der Waals surface area contributed by atoms with E-state index >= 15 is 0 Å². The Morgan fingerprint density at radius 1 is 0.667 bits per heavy atom. The zero-order chi connectivity index (χ0) is 19.3. The SMILES string of the molecule is CCc1c(OC)cc([P](CC)(c2ccccc2)c2ccccc2)cc1OC. The molecule has 0 saturated carbocycles. The average molecular weight is 379 g/mol. The smallest absolute Gasteiger partial charge is 0.126 e. The van der Waals surface area contributed by atoms with E-state index < -0.39 is 7.26 Å². The van der Waals surface area contributed by atoms with E-state index in [9.17, 15) is 0 Å². The molecule has 3 aromatic rings. The summed E-state index contributed by atoms with van der Waals surface area (Å²) in [7, 11) is 1.68. The van der Waals surface area contributed by atoms with E-state index in [1.165, 1.54) is 15.9 Å². The normalized spacial score (nSPS) is 11.3. The van der Waals surface area contributed by atoms with Crippen molar-refractivity contribution in [2.24, 2.45) is 0 Å². The minimum atomic E-state index is -1.80. The van der Waals surface area contributed by atoms with Crippen molar-refractivity contribution in [3.05, 3.63) is 78.4 Å². The first-order valence-corrected chi connectivity index (χ1v) is 11.4. The Morgan fingerprint density at radius 2 is 1.11 bits per heavy atom. The molecular weight excluding hydrogens is 351 g/mol. The molecule has 0 unspecified atom stereocenters. The van der Waals surface area contributed by atoms with Crippen molar-refractivity contribution in [2.45, 2.75) is 20.3 Å². The molecule has 0 saturated heterocycles. The summed E-state index contributed by atoms with van der Waals surface area (Å²) in [5.41, 5.74) is 1.12. The highest BCUT2D eigenvalue weighted by Gasteiger charge is 2.33. The summed E-state index contributed by atoms with van der Waals surface area (Å²) in [5.74, 6) is 1.83. The first-order valence-electron chi connectivity index (χ1n) is 9.46. The van der Waals surface area contributed by atoms with Crippen LogP contribution in [0.4, 0.5) is 0 Å². The number of benzene rings is 3. The molecule has 0 heterocycles. The second-order valence-corrected chi connectivity index (χ2v) is 10.3. The number of hydrogen-bond donors (Lipinski definition) is 0. The largest absolute Gasteiger partial charge is 0.496 e. The predicted octanol–water partition coefficient (Wildman–Crippen LogP) is 4.58. The second kappa shape index (κ2) is 8.59. The molecule has 0 N–H and O–H groups in total. The maximum Gasteiger partial charge on any atom is 0.126 e. The lowest BCUT2D eigenvalue weighted by atomic mass is 10.1. The summed E-state index contributed by atoms with van der Waals surface area (Å²) >= 11 is 0. The molecule has 0 aliphatic rings. The van der Waals surface area contributed by atoms with Crippen molar-refractivity contribution in [2.75, 3.05) is 20.4 Å². The zero-order valence-electron chi connectivity index (χ0n) is 16.6. The Kier molecular flexibility index (Phi) is 6.19. The average Bonchev–Trinajstić information content (AvgIpc) is 2.75. The van der Waals surface area contributed by atoms with Gasteiger partial charge in [0.2, 0.25) is 0 Å². The van der Waals surface area contributed by atoms with Crippen molar-refractivity contribution in [1.82, 2.24) is 0 Å². The van der Waals surface area contributed by atoms with Crippen molar-refractivity contribution in [3.8, 4) is 11.5 Å². The molecule has 0 atom stereocenters. The Labute approximate surface area is 163 Å². The van der Waals surface area contributed by atoms with Crippen LogP contribution in [0.3, 0.4) is 0 Å². The first-order chi connectivity index (χ1) is 13.2. The van der Waals surface area contributed by atoms with Gasteiger partial charge in [0.25, 0.3) is 0 Å². The molecule has 2 nitrogen and oxygen atoms in total. The fourth-order valence-electron chi connectivity index (χ4n) is 3.90. The molecule has 0 aromatic heterocycles. The van der Waals surface area contributed by atoms with Crippen LogP contribution in [0.1, 0.15) is 19.4 Å². The standard InChI is InChI=1S/C24H28O2P/c1-5-22-23(25-3)17-21(18-24(22)26-4)27(6-2,19-13-9-7-10-14-19)20-15-11-8-12-16-20/h7-18H,5-6H2,1-4H3. The molecule has 1 radical (unpaired) electrons. The number of rotatable bonds is 7. The minimum Gasteiger partial charge on any atom is -0.496 e. The first kappa shape index (κ1) is 19.5. The van der Waals surface area contributed by atoms with E-state index in [1.807, 2.05) is 0 Å². The highest BCUT2D eigenvalue weighted by atomic mass is 31.2. The van der Waals surface area contributed by atoms with Crippen molar-refractivity contribution in [3.63, 3.8) is 0 Å². The predicted molar refractivity (Wildman–Crippen MR) is 118 cm³/mol. The summed E-state index contributed by atoms with van der Waals surface area (Å²) in [6.07, 6.45) is 1.92. The minimum absolute atomic E-state index is 0.876. The van der Waals surface area contributed by atoms with Gasteiger partial charge in [-0.2, -0.15) is 0 Å². The van der Waals surface area contributed by atoms with Gasteiger partial charge < -0.3 is 9.47 Å². The molecular formula is C24H28O2P. The molecule has 27 heavy (non-hydrogen) atoms. The monoisotopic (exact) mass is 379 g/mol. The van der Waals surface area contributed by atoms with Crippen molar-refractivity contribution >= 4 is 23.2 Å². The fourth-order valence-corrected chi connectivity index (χ4v) is 7.93. The van der Waals surface area contributed by atoms with Gasteiger partial charge in [0, 0.05) is 5.56 Å². The van der Waals surface area contributed by atoms with Gasteiger partial charge >= 0.3 is 0 Å². The zero-order valence-corrected chi connectivity index (χ0v) is 17.5. The van der Waals surface area contributed by atoms with Crippen LogP contribution in [0.2, 0.25) is 0 Å². The number of methoxy groups -OCH3 is 2. The van der Waals surface area contributed by atoms with E-state index in [2.05, 4.69) is 86.6 Å². The number of hydrogen-bond acceptors (Lipinski definition) is 2. The fraction of sp³-hybridized carbons (Fsp3) is 0.250. The molecule has 0 spiro atoms. The summed E-state index contributed by atoms with van der Waals surface area (Å²) < 4.78 is 11.5. The van der Waals surface area contributed by atoms with Crippen LogP contribution in [0.25, 0.3) is 0 Å². The van der Waals surface area contributed by atoms with Crippen molar-refractivity contribution in [1.29, 1.82) is 0 Å². The van der Waals surface area contributed by atoms with Crippen LogP contribution in [-0.2, 0) is 6.42 Å². The van der Waals surface area contributed by atoms with Crippen LogP contribution in [0.15, 0.2) is 72.8 Å². The maximum atomic E-state index is 5.77. The topological polar surface area (TPSA) is 18.5 Å². The van der Waals surface area contributed by atoms with Crippen molar-refractivity contribution < 1.29 is 9.47 Å². The third-order valence-corrected chi connectivity index (χ3v) is 9.70. The Morgan fingerprint density at radius 3 is 1.44 bits per heavy atom. The van der Waals surface area contributed by atoms with Gasteiger partial charge in [0.1, 0.15) is 11.5 Å². The molecule has 0 fully saturated rings. The molecule has 3 aromatic carbocycles. The van der Waals surface area contributed by atoms with Crippen LogP contribution >= 0.6 is 7.26 Å². The molecule has 0 amide bonds. The van der Waals surface area contributed by atoms with E-state index in [1.54, 1.807) is 14.2 Å². The summed E-state index contributed by atoms with van der Waals surface area (Å²) in [5, 5.41) is 4.06. The van der Waals surface area contributed by atoms with E-state index in [0.717, 1.165) is 29.6 Å². The third kappa shape index (κ3) is 3.47. The van der Waals surface area contributed by atoms with Gasteiger partial charge in [-0.05, 0) is 47.9 Å². The van der Waals surface area contributed by atoms with Gasteiger partial charge in [-0.1, -0.05) is 74.5 Å². The molecule has 0 bridgehead atoms. The van der Waals surface area contributed by atoms with Crippen LogP contribution in [0, 0.1) is 0 Å². The molecule has 3 rings (SSSR count). The van der Waals surface area contributed by atoms with Gasteiger partial charge in [0.15, 0.2) is 0 Å². The van der Waals surface area contributed by atoms with E-state index in [0.29, 0.717) is 0 Å². The lowest BCUT2D eigenvalue weighted by molar-refractivity contribution is 0.387. The number of ether oxygens (including phenoxy) is 2. The summed E-state index contributed by atoms with van der Waals surface area (Å²) in [4.78, 5) is 0. The van der Waals surface area contributed by atoms with Gasteiger partial charge in [0.05, 0.1) is 14.2 Å². The molecule has 0 aliphatic heterocycles. The lowest BCUT2D eigenvalue weighted by Crippen LogP contribution is -2.33. The lowest BCUT2D eigenvalue weighted by Gasteiger charge is -2.38. The molecule has 141 valence electrons. The third-order valence-electron chi connectivity index (χ3n) is 5.26. The van der Waals surface area contributed by atoms with Gasteiger partial charge in [-0.25, -0.2) is 0 Å². The Hall–Kier alpha value is -2.31. The van der Waals surface area contributed by atoms with Gasteiger partial charge in [-0.15, -0.1) is 0 Å². The van der Waals surface area contributed by atoms with Gasteiger partial charge in [-0.3, -0.25) is 0 Å². The van der Waals surface area contributed by atoms with Crippen LogP contribution in [-0.4, -0.2) is 20.4 Å². The van der Waals surface area contributed by atoms with Crippen LogP contribution in [0.5, 0.6) is 11.5 Å². The van der Waals surface area contributed by atoms with E-state index in [4.69, 9.17) is 9.47 Å². The quantitative estimate of drug-likeness (QED) is 0.560. The second-order valence-electron chi connectivity index (χ2n) is 6.48. The Balaban J connectivity index is 2.36. The summed E-state index contributed by atoms with van der Waals surface area (Å²) in [6.45, 7) is 4.43. The van der Waals surface area contributed by atoms with E-state index in [-0.39, 0.29) is 0 Å². The highest BCUT2D eigenvalue weighted by molar-refractivity contribution is 7.95. The molecule has 3 heteroatoms. The maximum absolute atomic E-state index is 5.77. The highest BCUT2D eigenvalue weighted by Crippen LogP contribution is 2.56. The Bertz CT molecular complexity index is 811.